The fourth-order valence-electron chi connectivity index (χ4n) is 1.88. The normalized spacial score (nSPS) is 10.6. The lowest BCUT2D eigenvalue weighted by Gasteiger charge is -2.21. The Bertz CT molecular complexity index is 599. The van der Waals surface area contributed by atoms with E-state index in [0.29, 0.717) is 5.76 Å². The Morgan fingerprint density at radius 1 is 1.33 bits per heavy atom. The quantitative estimate of drug-likeness (QED) is 0.823. The molecule has 0 atom stereocenters. The molecule has 0 saturated heterocycles. The number of ether oxygens (including phenoxy) is 1. The van der Waals surface area contributed by atoms with Gasteiger partial charge in [-0.15, -0.1) is 0 Å². The largest absolute Gasteiger partial charge is 0.467 e. The number of benzene rings is 1. The van der Waals surface area contributed by atoms with E-state index in [-0.39, 0.29) is 25.3 Å². The molecule has 0 bridgehead atoms. The molecule has 1 amide bonds. The number of amides is 1. The number of carbonyl (C=O) groups is 1. The number of rotatable bonds is 6. The lowest BCUT2D eigenvalue weighted by atomic mass is 10.1. The van der Waals surface area contributed by atoms with Gasteiger partial charge in [0, 0.05) is 13.7 Å². The topological polar surface area (TPSA) is 42.7 Å². The molecule has 0 unspecified atom stereocenters. The van der Waals surface area contributed by atoms with Gasteiger partial charge in [0.05, 0.1) is 25.0 Å². The third-order valence-corrected chi connectivity index (χ3v) is 2.94. The van der Waals surface area contributed by atoms with Crippen LogP contribution >= 0.6 is 0 Å². The van der Waals surface area contributed by atoms with Gasteiger partial charge in [-0.05, 0) is 30.3 Å². The van der Waals surface area contributed by atoms with Gasteiger partial charge in [0.15, 0.2) is 0 Å². The van der Waals surface area contributed by atoms with Crippen molar-refractivity contribution in [3.8, 4) is 0 Å². The number of hydrogen-bond acceptors (Lipinski definition) is 3. The zero-order valence-electron chi connectivity index (χ0n) is 11.5. The maximum absolute atomic E-state index is 13.7. The molecule has 21 heavy (non-hydrogen) atoms. The SMILES string of the molecule is COCCN(Cc1ccco1)C(=O)c1cc(F)ccc1F. The fourth-order valence-corrected chi connectivity index (χ4v) is 1.88. The Morgan fingerprint density at radius 3 is 2.81 bits per heavy atom. The molecule has 6 heteroatoms. The smallest absolute Gasteiger partial charge is 0.257 e. The predicted octanol–water partition coefficient (Wildman–Crippen LogP) is 2.85. The van der Waals surface area contributed by atoms with Crippen LogP contribution in [0.15, 0.2) is 41.0 Å². The highest BCUT2D eigenvalue weighted by Gasteiger charge is 2.21. The maximum Gasteiger partial charge on any atom is 0.257 e. The highest BCUT2D eigenvalue weighted by molar-refractivity contribution is 5.94. The van der Waals surface area contributed by atoms with Crippen LogP contribution in [0, 0.1) is 11.6 Å². The number of halogens is 2. The van der Waals surface area contributed by atoms with Crippen molar-refractivity contribution in [2.45, 2.75) is 6.54 Å². The third kappa shape index (κ3) is 3.88. The molecule has 4 nitrogen and oxygen atoms in total. The van der Waals surface area contributed by atoms with Crippen molar-refractivity contribution in [2.75, 3.05) is 20.3 Å². The van der Waals surface area contributed by atoms with E-state index in [1.165, 1.54) is 18.3 Å². The molecule has 1 aromatic carbocycles. The lowest BCUT2D eigenvalue weighted by molar-refractivity contribution is 0.0661. The maximum atomic E-state index is 13.7. The van der Waals surface area contributed by atoms with Crippen LogP contribution in [0.3, 0.4) is 0 Å². The lowest BCUT2D eigenvalue weighted by Crippen LogP contribution is -2.34. The molecule has 2 rings (SSSR count). The molecule has 1 heterocycles. The molecule has 0 saturated carbocycles. The Kier molecular flexibility index (Phi) is 5.05. The molecule has 2 aromatic rings. The second-order valence-corrected chi connectivity index (χ2v) is 4.42. The first kappa shape index (κ1) is 15.2. The van der Waals surface area contributed by atoms with E-state index in [2.05, 4.69) is 0 Å². The summed E-state index contributed by atoms with van der Waals surface area (Å²) in [6.07, 6.45) is 1.48. The summed E-state index contributed by atoms with van der Waals surface area (Å²) in [7, 11) is 1.50. The van der Waals surface area contributed by atoms with Gasteiger partial charge in [-0.1, -0.05) is 0 Å². The van der Waals surface area contributed by atoms with Gasteiger partial charge >= 0.3 is 0 Å². The average Bonchev–Trinajstić information content (AvgIpc) is 2.98. The summed E-state index contributed by atoms with van der Waals surface area (Å²) >= 11 is 0. The zero-order chi connectivity index (χ0) is 15.2. The predicted molar refractivity (Wildman–Crippen MR) is 71.7 cm³/mol. The molecule has 0 aliphatic rings. The molecule has 1 aromatic heterocycles. The Balaban J connectivity index is 2.22. The van der Waals surface area contributed by atoms with Crippen molar-refractivity contribution in [1.82, 2.24) is 4.90 Å². The van der Waals surface area contributed by atoms with Gasteiger partial charge in [-0.3, -0.25) is 4.79 Å². The minimum atomic E-state index is -0.761. The second kappa shape index (κ2) is 6.99. The fraction of sp³-hybridized carbons (Fsp3) is 0.267. The molecule has 0 fully saturated rings. The van der Waals surface area contributed by atoms with E-state index in [9.17, 15) is 13.6 Å². The van der Waals surface area contributed by atoms with E-state index in [0.717, 1.165) is 18.2 Å². The third-order valence-electron chi connectivity index (χ3n) is 2.94. The van der Waals surface area contributed by atoms with Gasteiger partial charge in [0.25, 0.3) is 5.91 Å². The van der Waals surface area contributed by atoms with Crippen molar-refractivity contribution >= 4 is 5.91 Å². The highest BCUT2D eigenvalue weighted by Crippen LogP contribution is 2.15. The van der Waals surface area contributed by atoms with Crippen LogP contribution in [0.4, 0.5) is 8.78 Å². The number of carbonyl (C=O) groups excluding carboxylic acids is 1. The molecule has 112 valence electrons. The number of nitrogens with zero attached hydrogens (tertiary/aromatic N) is 1. The number of methoxy groups -OCH3 is 1. The monoisotopic (exact) mass is 295 g/mol. The Morgan fingerprint density at radius 2 is 2.14 bits per heavy atom. The summed E-state index contributed by atoms with van der Waals surface area (Å²) in [6.45, 7) is 0.681. The van der Waals surface area contributed by atoms with E-state index in [4.69, 9.17) is 9.15 Å². The van der Waals surface area contributed by atoms with Crippen molar-refractivity contribution < 1.29 is 22.7 Å². The molecule has 0 radical (unpaired) electrons. The van der Waals surface area contributed by atoms with E-state index < -0.39 is 17.5 Å². The van der Waals surface area contributed by atoms with Crippen molar-refractivity contribution in [3.63, 3.8) is 0 Å². The first-order valence-electron chi connectivity index (χ1n) is 6.37. The minimum absolute atomic E-state index is 0.158. The number of hydrogen-bond donors (Lipinski definition) is 0. The van der Waals surface area contributed by atoms with Gasteiger partial charge in [0.2, 0.25) is 0 Å². The van der Waals surface area contributed by atoms with Crippen LogP contribution in [0.2, 0.25) is 0 Å². The number of furan rings is 1. The molecular weight excluding hydrogens is 280 g/mol. The average molecular weight is 295 g/mol. The van der Waals surface area contributed by atoms with Crippen LogP contribution in [0.1, 0.15) is 16.1 Å². The molecule has 0 N–H and O–H groups in total. The van der Waals surface area contributed by atoms with Gasteiger partial charge in [-0.2, -0.15) is 0 Å². The van der Waals surface area contributed by atoms with E-state index >= 15 is 0 Å². The van der Waals surface area contributed by atoms with Crippen LogP contribution in [-0.2, 0) is 11.3 Å². The van der Waals surface area contributed by atoms with E-state index in [1.807, 2.05) is 0 Å². The Labute approximate surface area is 120 Å². The van der Waals surface area contributed by atoms with Crippen molar-refractivity contribution in [2.24, 2.45) is 0 Å². The summed E-state index contributed by atoms with van der Waals surface area (Å²) in [5.41, 5.74) is -0.308. The summed E-state index contributed by atoms with van der Waals surface area (Å²) in [5.74, 6) is -1.48. The molecular formula is C15H15F2NO3. The van der Waals surface area contributed by atoms with Crippen LogP contribution in [-0.4, -0.2) is 31.1 Å². The highest BCUT2D eigenvalue weighted by atomic mass is 19.1. The summed E-state index contributed by atoms with van der Waals surface area (Å²) < 4.78 is 37.1. The van der Waals surface area contributed by atoms with E-state index in [1.54, 1.807) is 12.1 Å². The van der Waals surface area contributed by atoms with Crippen LogP contribution in [0.25, 0.3) is 0 Å². The van der Waals surface area contributed by atoms with Crippen molar-refractivity contribution in [3.05, 3.63) is 59.6 Å². The van der Waals surface area contributed by atoms with Gasteiger partial charge in [0.1, 0.15) is 17.4 Å². The molecule has 0 aliphatic carbocycles. The van der Waals surface area contributed by atoms with Crippen LogP contribution < -0.4 is 0 Å². The Hall–Kier alpha value is -2.21. The summed E-state index contributed by atoms with van der Waals surface area (Å²) in [6, 6.07) is 6.19. The second-order valence-electron chi connectivity index (χ2n) is 4.42. The van der Waals surface area contributed by atoms with Gasteiger partial charge in [-0.25, -0.2) is 8.78 Å². The standard InChI is InChI=1S/C15H15F2NO3/c1-20-8-6-18(10-12-3-2-7-21-12)15(19)13-9-11(16)4-5-14(13)17/h2-5,7,9H,6,8,10H2,1H3. The zero-order valence-corrected chi connectivity index (χ0v) is 11.5. The summed E-state index contributed by atoms with van der Waals surface area (Å²) in [4.78, 5) is 13.7. The van der Waals surface area contributed by atoms with Crippen LogP contribution in [0.5, 0.6) is 0 Å². The molecule has 0 spiro atoms. The first-order chi connectivity index (χ1) is 10.1. The minimum Gasteiger partial charge on any atom is -0.467 e. The summed E-state index contributed by atoms with van der Waals surface area (Å²) in [5, 5.41) is 0. The van der Waals surface area contributed by atoms with Gasteiger partial charge < -0.3 is 14.1 Å². The molecule has 0 aliphatic heterocycles. The van der Waals surface area contributed by atoms with Crippen molar-refractivity contribution in [1.29, 1.82) is 0 Å². The first-order valence-corrected chi connectivity index (χ1v) is 6.37.